The summed E-state index contributed by atoms with van der Waals surface area (Å²) in [6.45, 7) is 6.58. The third-order valence-corrected chi connectivity index (χ3v) is 2.44. The number of carboxylic acids is 1. The zero-order chi connectivity index (χ0) is 15.1. The van der Waals surface area contributed by atoms with Gasteiger partial charge in [0.1, 0.15) is 6.04 Å². The predicted molar refractivity (Wildman–Crippen MR) is 70.5 cm³/mol. The maximum atomic E-state index is 11.5. The van der Waals surface area contributed by atoms with Crippen LogP contribution in [-0.2, 0) is 9.59 Å². The first-order chi connectivity index (χ1) is 8.61. The second-order valence-corrected chi connectivity index (χ2v) is 5.61. The summed E-state index contributed by atoms with van der Waals surface area (Å²) < 4.78 is 0. The highest BCUT2D eigenvalue weighted by atomic mass is 16.4. The Labute approximate surface area is 112 Å². The Balaban J connectivity index is 4.10. The Morgan fingerprint density at radius 2 is 1.84 bits per heavy atom. The fourth-order valence-electron chi connectivity index (χ4n) is 1.30. The number of urea groups is 1. The molecular weight excluding hydrogens is 250 g/mol. The molecule has 0 heterocycles. The van der Waals surface area contributed by atoms with Crippen LogP contribution in [-0.4, -0.2) is 35.6 Å². The van der Waals surface area contributed by atoms with Crippen LogP contribution in [0.15, 0.2) is 0 Å². The van der Waals surface area contributed by atoms with Crippen molar-refractivity contribution in [1.29, 1.82) is 0 Å². The van der Waals surface area contributed by atoms with E-state index in [1.165, 1.54) is 0 Å². The van der Waals surface area contributed by atoms with Crippen molar-refractivity contribution in [2.24, 2.45) is 11.1 Å². The van der Waals surface area contributed by atoms with Crippen LogP contribution >= 0.6 is 0 Å². The van der Waals surface area contributed by atoms with Crippen LogP contribution in [0.5, 0.6) is 0 Å². The molecule has 0 aromatic carbocycles. The Bertz CT molecular complexity index is 336. The van der Waals surface area contributed by atoms with Gasteiger partial charge in [-0.05, 0) is 18.3 Å². The number of primary amides is 1. The molecule has 0 radical (unpaired) electrons. The van der Waals surface area contributed by atoms with E-state index in [0.29, 0.717) is 6.54 Å². The van der Waals surface area contributed by atoms with Gasteiger partial charge in [-0.25, -0.2) is 9.59 Å². The van der Waals surface area contributed by atoms with E-state index in [1.54, 1.807) is 0 Å². The molecule has 0 saturated carbocycles. The van der Waals surface area contributed by atoms with E-state index in [4.69, 9.17) is 10.8 Å². The monoisotopic (exact) mass is 273 g/mol. The minimum Gasteiger partial charge on any atom is -0.480 e. The van der Waals surface area contributed by atoms with Gasteiger partial charge in [-0.2, -0.15) is 0 Å². The molecule has 0 saturated heterocycles. The molecule has 0 fully saturated rings. The van der Waals surface area contributed by atoms with Gasteiger partial charge in [0, 0.05) is 13.0 Å². The Hall–Kier alpha value is -1.79. The van der Waals surface area contributed by atoms with Crippen molar-refractivity contribution in [1.82, 2.24) is 10.6 Å². The highest BCUT2D eigenvalue weighted by molar-refractivity contribution is 5.83. The van der Waals surface area contributed by atoms with Crippen molar-refractivity contribution >= 4 is 17.9 Å². The second kappa shape index (κ2) is 7.60. The molecule has 1 atom stereocenters. The Kier molecular flexibility index (Phi) is 6.89. The number of nitrogens with one attached hydrogen (secondary N) is 2. The molecule has 0 spiro atoms. The van der Waals surface area contributed by atoms with Crippen LogP contribution in [0, 0.1) is 5.41 Å². The minimum absolute atomic E-state index is 0.0165. The molecule has 7 heteroatoms. The van der Waals surface area contributed by atoms with Crippen molar-refractivity contribution in [3.8, 4) is 0 Å². The average Bonchev–Trinajstić information content (AvgIpc) is 2.21. The summed E-state index contributed by atoms with van der Waals surface area (Å²) in [5.74, 6) is -1.78. The van der Waals surface area contributed by atoms with Crippen LogP contribution < -0.4 is 16.4 Å². The highest BCUT2D eigenvalue weighted by Crippen LogP contribution is 2.16. The normalized spacial score (nSPS) is 12.6. The lowest BCUT2D eigenvalue weighted by molar-refractivity contribution is -0.139. The second-order valence-electron chi connectivity index (χ2n) is 5.61. The van der Waals surface area contributed by atoms with Gasteiger partial charge in [0.05, 0.1) is 0 Å². The number of rotatable bonds is 7. The van der Waals surface area contributed by atoms with Crippen molar-refractivity contribution in [2.45, 2.75) is 46.1 Å². The number of aliphatic carboxylic acids is 1. The molecule has 110 valence electrons. The summed E-state index contributed by atoms with van der Waals surface area (Å²) >= 11 is 0. The molecule has 0 aromatic heterocycles. The first-order valence-corrected chi connectivity index (χ1v) is 6.17. The van der Waals surface area contributed by atoms with Gasteiger partial charge in [0.2, 0.25) is 5.91 Å². The quantitative estimate of drug-likeness (QED) is 0.537. The van der Waals surface area contributed by atoms with Crippen LogP contribution in [0.3, 0.4) is 0 Å². The molecule has 0 unspecified atom stereocenters. The van der Waals surface area contributed by atoms with Gasteiger partial charge < -0.3 is 21.5 Å². The maximum Gasteiger partial charge on any atom is 0.326 e. The van der Waals surface area contributed by atoms with Gasteiger partial charge in [0.25, 0.3) is 0 Å². The number of carboxylic acid groups (broad SMARTS) is 1. The van der Waals surface area contributed by atoms with Gasteiger partial charge in [-0.15, -0.1) is 0 Å². The summed E-state index contributed by atoms with van der Waals surface area (Å²) in [5, 5.41) is 13.8. The summed E-state index contributed by atoms with van der Waals surface area (Å²) in [6.07, 6.45) is 0.677. The molecule has 0 aliphatic carbocycles. The van der Waals surface area contributed by atoms with E-state index in [1.807, 2.05) is 20.8 Å². The molecule has 0 bridgehead atoms. The third kappa shape index (κ3) is 9.87. The van der Waals surface area contributed by atoms with Crippen molar-refractivity contribution in [2.75, 3.05) is 6.54 Å². The number of carbonyl (C=O) groups is 3. The van der Waals surface area contributed by atoms with E-state index in [0.717, 1.165) is 6.42 Å². The zero-order valence-electron chi connectivity index (χ0n) is 11.7. The van der Waals surface area contributed by atoms with Crippen LogP contribution in [0.4, 0.5) is 4.79 Å². The fourth-order valence-corrected chi connectivity index (χ4v) is 1.30. The Morgan fingerprint density at radius 3 is 2.26 bits per heavy atom. The summed E-state index contributed by atoms with van der Waals surface area (Å²) in [5.41, 5.74) is 5.03. The van der Waals surface area contributed by atoms with Crippen LogP contribution in [0.1, 0.15) is 40.0 Å². The molecule has 5 N–H and O–H groups in total. The largest absolute Gasteiger partial charge is 0.480 e. The minimum atomic E-state index is -1.19. The number of amides is 3. The number of nitrogens with two attached hydrogens (primary N) is 1. The molecule has 0 aromatic rings. The number of carbonyl (C=O) groups excluding carboxylic acids is 2. The van der Waals surface area contributed by atoms with Gasteiger partial charge >= 0.3 is 12.0 Å². The van der Waals surface area contributed by atoms with E-state index >= 15 is 0 Å². The maximum absolute atomic E-state index is 11.5. The Morgan fingerprint density at radius 1 is 1.26 bits per heavy atom. The topological polar surface area (TPSA) is 122 Å². The van der Waals surface area contributed by atoms with Crippen molar-refractivity contribution < 1.29 is 19.5 Å². The van der Waals surface area contributed by atoms with E-state index < -0.39 is 23.9 Å². The molecular formula is C12H23N3O4. The third-order valence-electron chi connectivity index (χ3n) is 2.44. The first kappa shape index (κ1) is 17.2. The van der Waals surface area contributed by atoms with E-state index in [2.05, 4.69) is 10.6 Å². The summed E-state index contributed by atoms with van der Waals surface area (Å²) in [6, 6.07) is -1.66. The zero-order valence-corrected chi connectivity index (χ0v) is 11.7. The predicted octanol–water partition coefficient (Wildman–Crippen LogP) is 0.441. The van der Waals surface area contributed by atoms with Gasteiger partial charge in [-0.1, -0.05) is 20.8 Å². The lowest BCUT2D eigenvalue weighted by Crippen LogP contribution is -2.46. The lowest BCUT2D eigenvalue weighted by atomic mass is 9.92. The molecule has 0 aliphatic heterocycles. The molecule has 0 aliphatic rings. The lowest BCUT2D eigenvalue weighted by Gasteiger charge is -2.19. The fraction of sp³-hybridized carbons (Fsp3) is 0.750. The molecule has 19 heavy (non-hydrogen) atoms. The van der Waals surface area contributed by atoms with Crippen LogP contribution in [0.25, 0.3) is 0 Å². The van der Waals surface area contributed by atoms with Gasteiger partial charge in [0.15, 0.2) is 0 Å². The summed E-state index contributed by atoms with van der Waals surface area (Å²) in [4.78, 5) is 33.0. The first-order valence-electron chi connectivity index (χ1n) is 6.17. The van der Waals surface area contributed by atoms with E-state index in [9.17, 15) is 14.4 Å². The van der Waals surface area contributed by atoms with Gasteiger partial charge in [-0.3, -0.25) is 4.79 Å². The number of hydrogen-bond donors (Lipinski definition) is 4. The molecule has 7 nitrogen and oxygen atoms in total. The van der Waals surface area contributed by atoms with E-state index in [-0.39, 0.29) is 18.3 Å². The SMILES string of the molecule is CC(C)(C)CCNC(=O)N[C@H](CCC(N)=O)C(=O)O. The number of hydrogen-bond acceptors (Lipinski definition) is 3. The standard InChI is InChI=1S/C12H23N3O4/c1-12(2,3)6-7-14-11(19)15-8(10(17)18)4-5-9(13)16/h8H,4-7H2,1-3H3,(H2,13,16)(H,17,18)(H2,14,15,19)/t8-/m1/s1. The molecule has 0 rings (SSSR count). The summed E-state index contributed by atoms with van der Waals surface area (Å²) in [7, 11) is 0. The average molecular weight is 273 g/mol. The molecule has 3 amide bonds. The smallest absolute Gasteiger partial charge is 0.326 e. The van der Waals surface area contributed by atoms with Crippen molar-refractivity contribution in [3.05, 3.63) is 0 Å². The highest BCUT2D eigenvalue weighted by Gasteiger charge is 2.20. The van der Waals surface area contributed by atoms with Crippen molar-refractivity contribution in [3.63, 3.8) is 0 Å². The van der Waals surface area contributed by atoms with Crippen LogP contribution in [0.2, 0.25) is 0 Å².